The van der Waals surface area contributed by atoms with Crippen LogP contribution in [0.2, 0.25) is 0 Å². The molecule has 0 aliphatic carbocycles. The highest BCUT2D eigenvalue weighted by Gasteiger charge is 2.10. The van der Waals surface area contributed by atoms with Gasteiger partial charge in [-0.3, -0.25) is 0 Å². The Hall–Kier alpha value is -2.03. The monoisotopic (exact) mass is 229 g/mol. The van der Waals surface area contributed by atoms with Gasteiger partial charge in [-0.1, -0.05) is 18.2 Å². The Morgan fingerprint density at radius 1 is 1.35 bits per heavy atom. The maximum Gasteiger partial charge on any atom is 0.328 e. The number of para-hydroxylation sites is 1. The molecule has 88 valence electrons. The Kier molecular flexibility index (Phi) is 2.76. The number of hydrogen-bond acceptors (Lipinski definition) is 1. The van der Waals surface area contributed by atoms with Crippen LogP contribution in [0, 0.1) is 13.8 Å². The van der Waals surface area contributed by atoms with Gasteiger partial charge in [-0.25, -0.2) is 4.79 Å². The zero-order valence-corrected chi connectivity index (χ0v) is 10.2. The summed E-state index contributed by atoms with van der Waals surface area (Å²) in [4.78, 5) is 10.6. The number of carbonyl (C=O) groups is 1. The molecule has 0 bridgehead atoms. The van der Waals surface area contributed by atoms with Crippen LogP contribution >= 0.6 is 0 Å². The van der Waals surface area contributed by atoms with Crippen molar-refractivity contribution in [2.24, 2.45) is 7.05 Å². The van der Waals surface area contributed by atoms with Crippen LogP contribution in [-0.4, -0.2) is 15.6 Å². The molecule has 0 fully saturated rings. The summed E-state index contributed by atoms with van der Waals surface area (Å²) in [7, 11) is 1.96. The van der Waals surface area contributed by atoms with Crippen molar-refractivity contribution in [3.63, 3.8) is 0 Å². The zero-order valence-electron chi connectivity index (χ0n) is 10.2. The van der Waals surface area contributed by atoms with Gasteiger partial charge in [0, 0.05) is 24.2 Å². The van der Waals surface area contributed by atoms with Gasteiger partial charge in [0.15, 0.2) is 0 Å². The van der Waals surface area contributed by atoms with E-state index in [0.29, 0.717) is 0 Å². The number of carboxylic acid groups (broad SMARTS) is 1. The summed E-state index contributed by atoms with van der Waals surface area (Å²) in [5.74, 6) is -0.925. The number of rotatable bonds is 2. The Labute approximate surface area is 100.0 Å². The minimum absolute atomic E-state index is 0.925. The molecule has 0 aliphatic heterocycles. The number of fused-ring (bicyclic) bond motifs is 1. The SMILES string of the molecule is Cc1c(/C=C/C(=O)O)n(C)c2c(C)cccc12. The van der Waals surface area contributed by atoms with Crippen LogP contribution < -0.4 is 0 Å². The summed E-state index contributed by atoms with van der Waals surface area (Å²) < 4.78 is 2.04. The molecule has 0 saturated carbocycles. The van der Waals surface area contributed by atoms with Crippen molar-refractivity contribution in [2.45, 2.75) is 13.8 Å². The van der Waals surface area contributed by atoms with E-state index in [0.717, 1.165) is 16.8 Å². The average molecular weight is 229 g/mol. The Bertz CT molecular complexity index is 621. The van der Waals surface area contributed by atoms with E-state index in [9.17, 15) is 4.79 Å². The van der Waals surface area contributed by atoms with Crippen molar-refractivity contribution in [1.29, 1.82) is 0 Å². The third kappa shape index (κ3) is 1.84. The minimum Gasteiger partial charge on any atom is -0.478 e. The second-order valence-electron chi connectivity index (χ2n) is 4.21. The van der Waals surface area contributed by atoms with Gasteiger partial charge in [0.25, 0.3) is 0 Å². The van der Waals surface area contributed by atoms with Crippen LogP contribution in [0.1, 0.15) is 16.8 Å². The van der Waals surface area contributed by atoms with E-state index in [1.807, 2.05) is 24.6 Å². The van der Waals surface area contributed by atoms with Crippen LogP contribution in [0.15, 0.2) is 24.3 Å². The first-order valence-corrected chi connectivity index (χ1v) is 5.48. The van der Waals surface area contributed by atoms with Gasteiger partial charge in [-0.15, -0.1) is 0 Å². The number of aryl methyl sites for hydroxylation is 3. The molecule has 0 spiro atoms. The van der Waals surface area contributed by atoms with Crippen LogP contribution in [0.25, 0.3) is 17.0 Å². The molecular formula is C14H15NO2. The standard InChI is InChI=1S/C14H15NO2/c1-9-5-4-6-11-10(2)12(7-8-13(16)17)15(3)14(9)11/h4-8H,1-3H3,(H,16,17)/b8-7+. The fraction of sp³-hybridized carbons (Fsp3) is 0.214. The predicted octanol–water partition coefficient (Wildman–Crippen LogP) is 2.89. The van der Waals surface area contributed by atoms with Gasteiger partial charge in [-0.05, 0) is 31.1 Å². The number of benzene rings is 1. The lowest BCUT2D eigenvalue weighted by Gasteiger charge is -2.02. The molecule has 0 radical (unpaired) electrons. The van der Waals surface area contributed by atoms with Gasteiger partial charge in [-0.2, -0.15) is 0 Å². The van der Waals surface area contributed by atoms with E-state index in [-0.39, 0.29) is 0 Å². The first-order chi connectivity index (χ1) is 8.02. The van der Waals surface area contributed by atoms with E-state index >= 15 is 0 Å². The van der Waals surface area contributed by atoms with Crippen molar-refractivity contribution in [1.82, 2.24) is 4.57 Å². The lowest BCUT2D eigenvalue weighted by atomic mass is 10.1. The average Bonchev–Trinajstić information content (AvgIpc) is 2.50. The van der Waals surface area contributed by atoms with Gasteiger partial charge >= 0.3 is 5.97 Å². The van der Waals surface area contributed by atoms with Gasteiger partial charge < -0.3 is 9.67 Å². The third-order valence-electron chi connectivity index (χ3n) is 3.11. The summed E-state index contributed by atoms with van der Waals surface area (Å²) >= 11 is 0. The lowest BCUT2D eigenvalue weighted by Crippen LogP contribution is -1.94. The molecule has 3 nitrogen and oxygen atoms in total. The highest BCUT2D eigenvalue weighted by Crippen LogP contribution is 2.27. The number of carboxylic acids is 1. The normalized spacial score (nSPS) is 11.5. The maximum atomic E-state index is 10.6. The van der Waals surface area contributed by atoms with E-state index in [4.69, 9.17) is 5.11 Å². The van der Waals surface area contributed by atoms with E-state index < -0.39 is 5.97 Å². The molecular weight excluding hydrogens is 214 g/mol. The van der Waals surface area contributed by atoms with E-state index in [1.165, 1.54) is 17.0 Å². The molecule has 3 heteroatoms. The highest BCUT2D eigenvalue weighted by atomic mass is 16.4. The maximum absolute atomic E-state index is 10.6. The molecule has 1 aromatic heterocycles. The van der Waals surface area contributed by atoms with Crippen molar-refractivity contribution in [3.8, 4) is 0 Å². The molecule has 1 N–H and O–H groups in total. The summed E-state index contributed by atoms with van der Waals surface area (Å²) in [6.45, 7) is 4.08. The molecule has 0 amide bonds. The Morgan fingerprint density at radius 2 is 2.06 bits per heavy atom. The smallest absolute Gasteiger partial charge is 0.328 e. The van der Waals surface area contributed by atoms with Gasteiger partial charge in [0.05, 0.1) is 5.52 Å². The predicted molar refractivity (Wildman–Crippen MR) is 69.1 cm³/mol. The molecule has 2 aromatic rings. The molecule has 0 aliphatic rings. The molecule has 2 rings (SSSR count). The largest absolute Gasteiger partial charge is 0.478 e. The third-order valence-corrected chi connectivity index (χ3v) is 3.11. The summed E-state index contributed by atoms with van der Waals surface area (Å²) in [6, 6.07) is 6.15. The summed E-state index contributed by atoms with van der Waals surface area (Å²) in [5.41, 5.74) is 4.42. The Morgan fingerprint density at radius 3 is 2.65 bits per heavy atom. The second-order valence-corrected chi connectivity index (χ2v) is 4.21. The second kappa shape index (κ2) is 4.09. The van der Waals surface area contributed by atoms with Crippen LogP contribution in [-0.2, 0) is 11.8 Å². The fourth-order valence-electron chi connectivity index (χ4n) is 2.30. The van der Waals surface area contributed by atoms with Crippen molar-refractivity contribution >= 4 is 22.9 Å². The van der Waals surface area contributed by atoms with Crippen molar-refractivity contribution < 1.29 is 9.90 Å². The van der Waals surface area contributed by atoms with Crippen LogP contribution in [0.4, 0.5) is 0 Å². The molecule has 0 unspecified atom stereocenters. The quantitative estimate of drug-likeness (QED) is 0.804. The minimum atomic E-state index is -0.925. The fourth-order valence-corrected chi connectivity index (χ4v) is 2.30. The van der Waals surface area contributed by atoms with E-state index in [1.54, 1.807) is 6.08 Å². The Balaban J connectivity index is 2.73. The summed E-state index contributed by atoms with van der Waals surface area (Å²) in [6.07, 6.45) is 2.83. The number of nitrogens with zero attached hydrogens (tertiary/aromatic N) is 1. The molecule has 1 heterocycles. The van der Waals surface area contributed by atoms with Crippen molar-refractivity contribution in [3.05, 3.63) is 41.1 Å². The molecule has 0 saturated heterocycles. The highest BCUT2D eigenvalue weighted by molar-refractivity contribution is 5.92. The zero-order chi connectivity index (χ0) is 12.6. The van der Waals surface area contributed by atoms with E-state index in [2.05, 4.69) is 19.1 Å². The first kappa shape index (κ1) is 11.5. The van der Waals surface area contributed by atoms with Gasteiger partial charge in [0.2, 0.25) is 0 Å². The topological polar surface area (TPSA) is 42.2 Å². The number of hydrogen-bond donors (Lipinski definition) is 1. The van der Waals surface area contributed by atoms with Crippen LogP contribution in [0.5, 0.6) is 0 Å². The summed E-state index contributed by atoms with van der Waals surface area (Å²) in [5, 5.41) is 9.87. The number of aliphatic carboxylic acids is 1. The first-order valence-electron chi connectivity index (χ1n) is 5.48. The number of aromatic nitrogens is 1. The van der Waals surface area contributed by atoms with Crippen molar-refractivity contribution in [2.75, 3.05) is 0 Å². The molecule has 0 atom stereocenters. The molecule has 17 heavy (non-hydrogen) atoms. The van der Waals surface area contributed by atoms with Gasteiger partial charge in [0.1, 0.15) is 0 Å². The van der Waals surface area contributed by atoms with Crippen LogP contribution in [0.3, 0.4) is 0 Å². The molecule has 1 aromatic carbocycles. The lowest BCUT2D eigenvalue weighted by molar-refractivity contribution is -0.131.